The zero-order valence-corrected chi connectivity index (χ0v) is 13.2. The molecule has 2 rings (SSSR count). The highest BCUT2D eigenvalue weighted by Crippen LogP contribution is 2.35. The lowest BCUT2D eigenvalue weighted by atomic mass is 9.80. The third kappa shape index (κ3) is 4.47. The van der Waals surface area contributed by atoms with Crippen LogP contribution in [0.25, 0.3) is 0 Å². The van der Waals surface area contributed by atoms with Crippen molar-refractivity contribution < 1.29 is 5.11 Å². The zero-order valence-electron chi connectivity index (χ0n) is 12.4. The molecule has 1 N–H and O–H groups in total. The topological polar surface area (TPSA) is 23.5 Å². The highest BCUT2D eigenvalue weighted by atomic mass is 35.5. The molecule has 20 heavy (non-hydrogen) atoms. The van der Waals surface area contributed by atoms with E-state index in [0.29, 0.717) is 6.61 Å². The summed E-state index contributed by atoms with van der Waals surface area (Å²) in [6.07, 6.45) is 7.49. The minimum Gasteiger partial charge on any atom is -0.396 e. The molecule has 2 nitrogen and oxygen atoms in total. The van der Waals surface area contributed by atoms with Crippen LogP contribution in [0.15, 0.2) is 24.3 Å². The average Bonchev–Trinajstić information content (AvgIpc) is 2.67. The summed E-state index contributed by atoms with van der Waals surface area (Å²) in [5, 5.41) is 10.7. The summed E-state index contributed by atoms with van der Waals surface area (Å²) in [4.78, 5) is 2.34. The van der Waals surface area contributed by atoms with Gasteiger partial charge in [-0.2, -0.15) is 0 Å². The van der Waals surface area contributed by atoms with E-state index < -0.39 is 0 Å². The van der Waals surface area contributed by atoms with Crippen LogP contribution in [-0.2, 0) is 6.54 Å². The second kappa shape index (κ2) is 7.44. The number of hydrogen-bond acceptors (Lipinski definition) is 2. The van der Waals surface area contributed by atoms with Crippen LogP contribution >= 0.6 is 11.6 Å². The second-order valence-corrected chi connectivity index (χ2v) is 6.81. The molecule has 0 amide bonds. The van der Waals surface area contributed by atoms with Crippen molar-refractivity contribution in [2.75, 3.05) is 20.2 Å². The molecule has 3 heteroatoms. The molecule has 1 saturated carbocycles. The van der Waals surface area contributed by atoms with Gasteiger partial charge in [0.1, 0.15) is 0 Å². The van der Waals surface area contributed by atoms with Crippen molar-refractivity contribution in [2.24, 2.45) is 5.41 Å². The Labute approximate surface area is 127 Å². The second-order valence-electron chi connectivity index (χ2n) is 6.37. The lowest BCUT2D eigenvalue weighted by Crippen LogP contribution is -2.38. The van der Waals surface area contributed by atoms with E-state index in [2.05, 4.69) is 24.1 Å². The molecule has 0 saturated heterocycles. The molecule has 1 aliphatic rings. The number of benzene rings is 1. The number of nitrogens with zero attached hydrogens (tertiary/aromatic N) is 1. The van der Waals surface area contributed by atoms with Crippen molar-refractivity contribution in [3.63, 3.8) is 0 Å². The molecule has 112 valence electrons. The van der Waals surface area contributed by atoms with Gasteiger partial charge in [-0.15, -0.1) is 0 Å². The quantitative estimate of drug-likeness (QED) is 0.827. The number of aliphatic hydroxyl groups excluding tert-OH is 1. The van der Waals surface area contributed by atoms with Crippen LogP contribution in [0.3, 0.4) is 0 Å². The number of aliphatic hydroxyl groups is 1. The number of halogens is 1. The van der Waals surface area contributed by atoms with Gasteiger partial charge >= 0.3 is 0 Å². The SMILES string of the molecule is CN(Cc1ccc(Cl)cc1)CC1(CO)CCCCCC1. The van der Waals surface area contributed by atoms with E-state index in [9.17, 15) is 5.11 Å². The lowest BCUT2D eigenvalue weighted by molar-refractivity contribution is 0.0663. The first-order chi connectivity index (χ1) is 9.63. The fourth-order valence-corrected chi connectivity index (χ4v) is 3.50. The molecule has 0 spiro atoms. The average molecular weight is 296 g/mol. The van der Waals surface area contributed by atoms with E-state index >= 15 is 0 Å². The summed E-state index contributed by atoms with van der Waals surface area (Å²) in [6, 6.07) is 8.05. The zero-order chi connectivity index (χ0) is 14.4. The molecule has 0 aromatic heterocycles. The summed E-state index contributed by atoms with van der Waals surface area (Å²) >= 11 is 5.92. The Kier molecular flexibility index (Phi) is 5.88. The largest absolute Gasteiger partial charge is 0.396 e. The fraction of sp³-hybridized carbons (Fsp3) is 0.647. The monoisotopic (exact) mass is 295 g/mol. The maximum absolute atomic E-state index is 9.87. The third-order valence-corrected chi connectivity index (χ3v) is 4.72. The van der Waals surface area contributed by atoms with Gasteiger partial charge in [-0.25, -0.2) is 0 Å². The van der Waals surface area contributed by atoms with Crippen molar-refractivity contribution in [1.29, 1.82) is 0 Å². The van der Waals surface area contributed by atoms with Gasteiger partial charge in [-0.3, -0.25) is 0 Å². The molecule has 0 unspecified atom stereocenters. The van der Waals surface area contributed by atoms with Crippen LogP contribution in [0.5, 0.6) is 0 Å². The van der Waals surface area contributed by atoms with Crippen LogP contribution < -0.4 is 0 Å². The van der Waals surface area contributed by atoms with Crippen molar-refractivity contribution in [3.8, 4) is 0 Å². The molecule has 0 aliphatic heterocycles. The molecule has 1 aliphatic carbocycles. The molecule has 0 bridgehead atoms. The molecular formula is C17H26ClNO. The standard InChI is InChI=1S/C17H26ClNO/c1-19(12-15-6-8-16(18)9-7-15)13-17(14-20)10-4-2-3-5-11-17/h6-9,20H,2-5,10-14H2,1H3. The van der Waals surface area contributed by atoms with Gasteiger partial charge in [0, 0.05) is 30.1 Å². The van der Waals surface area contributed by atoms with Gasteiger partial charge in [-0.05, 0) is 37.6 Å². The minimum atomic E-state index is 0.109. The molecule has 1 aromatic rings. The Balaban J connectivity index is 1.94. The normalized spacial score (nSPS) is 19.0. The highest BCUT2D eigenvalue weighted by Gasteiger charge is 2.31. The van der Waals surface area contributed by atoms with E-state index in [1.54, 1.807) is 0 Å². The van der Waals surface area contributed by atoms with Crippen LogP contribution in [0.1, 0.15) is 44.1 Å². The van der Waals surface area contributed by atoms with Gasteiger partial charge in [0.25, 0.3) is 0 Å². The minimum absolute atomic E-state index is 0.109. The first kappa shape index (κ1) is 15.8. The number of rotatable bonds is 5. The van der Waals surface area contributed by atoms with Gasteiger partial charge in [0.15, 0.2) is 0 Å². The number of hydrogen-bond donors (Lipinski definition) is 1. The predicted molar refractivity (Wildman–Crippen MR) is 85.0 cm³/mol. The van der Waals surface area contributed by atoms with E-state index in [-0.39, 0.29) is 5.41 Å². The summed E-state index contributed by atoms with van der Waals surface area (Å²) in [6.45, 7) is 2.21. The van der Waals surface area contributed by atoms with Crippen LogP contribution in [0.4, 0.5) is 0 Å². The predicted octanol–water partition coefficient (Wildman–Crippen LogP) is 4.10. The summed E-state index contributed by atoms with van der Waals surface area (Å²) in [5.74, 6) is 0. The Hall–Kier alpha value is -0.570. The molecular weight excluding hydrogens is 270 g/mol. The van der Waals surface area contributed by atoms with Gasteiger partial charge in [0.2, 0.25) is 0 Å². The van der Waals surface area contributed by atoms with Gasteiger partial charge in [0.05, 0.1) is 0 Å². The van der Waals surface area contributed by atoms with Gasteiger partial charge < -0.3 is 10.0 Å². The highest BCUT2D eigenvalue weighted by molar-refractivity contribution is 6.30. The maximum atomic E-state index is 9.87. The van der Waals surface area contributed by atoms with Crippen molar-refractivity contribution >= 4 is 11.6 Å². The molecule has 0 radical (unpaired) electrons. The van der Waals surface area contributed by atoms with Crippen LogP contribution in [0.2, 0.25) is 5.02 Å². The Bertz CT molecular complexity index is 396. The van der Waals surface area contributed by atoms with Crippen molar-refractivity contribution in [1.82, 2.24) is 4.90 Å². The molecule has 0 atom stereocenters. The molecule has 1 aromatic carbocycles. The smallest absolute Gasteiger partial charge is 0.0499 e. The third-order valence-electron chi connectivity index (χ3n) is 4.47. The molecule has 1 fully saturated rings. The van der Waals surface area contributed by atoms with Gasteiger partial charge in [-0.1, -0.05) is 49.4 Å². The van der Waals surface area contributed by atoms with E-state index in [0.717, 1.165) is 31.0 Å². The van der Waals surface area contributed by atoms with Crippen LogP contribution in [0, 0.1) is 5.41 Å². The molecule has 0 heterocycles. The van der Waals surface area contributed by atoms with E-state index in [1.807, 2.05) is 12.1 Å². The summed E-state index contributed by atoms with van der Waals surface area (Å²) in [7, 11) is 2.15. The first-order valence-electron chi connectivity index (χ1n) is 7.67. The Morgan fingerprint density at radius 2 is 1.70 bits per heavy atom. The van der Waals surface area contributed by atoms with Crippen molar-refractivity contribution in [2.45, 2.75) is 45.1 Å². The lowest BCUT2D eigenvalue weighted by Gasteiger charge is -2.35. The maximum Gasteiger partial charge on any atom is 0.0499 e. The summed E-state index contributed by atoms with van der Waals surface area (Å²) in [5.41, 5.74) is 1.39. The Morgan fingerprint density at radius 1 is 1.10 bits per heavy atom. The van der Waals surface area contributed by atoms with E-state index in [1.165, 1.54) is 31.2 Å². The van der Waals surface area contributed by atoms with Crippen molar-refractivity contribution in [3.05, 3.63) is 34.9 Å². The fourth-order valence-electron chi connectivity index (χ4n) is 3.37. The van der Waals surface area contributed by atoms with E-state index in [4.69, 9.17) is 11.6 Å². The summed E-state index contributed by atoms with van der Waals surface area (Å²) < 4.78 is 0. The van der Waals surface area contributed by atoms with Crippen LogP contribution in [-0.4, -0.2) is 30.2 Å². The Morgan fingerprint density at radius 3 is 2.25 bits per heavy atom. The first-order valence-corrected chi connectivity index (χ1v) is 8.05.